The largest absolute Gasteiger partial charge is 0.311 e. The van der Waals surface area contributed by atoms with Gasteiger partial charge in [-0.05, 0) is 36.7 Å². The van der Waals surface area contributed by atoms with E-state index in [1.54, 1.807) is 6.07 Å². The minimum Gasteiger partial charge on any atom is -0.311 e. The summed E-state index contributed by atoms with van der Waals surface area (Å²) in [7, 11) is 0. The molecule has 0 spiro atoms. The van der Waals surface area contributed by atoms with Crippen molar-refractivity contribution in [2.75, 3.05) is 6.54 Å². The van der Waals surface area contributed by atoms with E-state index in [1.807, 2.05) is 16.8 Å². The molecule has 1 N–H and O–H groups in total. The van der Waals surface area contributed by atoms with Crippen molar-refractivity contribution in [1.82, 2.24) is 15.1 Å². The SMILES string of the molecule is N#Cc1nn2c(c1Cc1cc(Cl)cc(Cl)c1)CNCCC2. The molecule has 4 nitrogen and oxygen atoms in total. The number of benzene rings is 1. The van der Waals surface area contributed by atoms with Crippen LogP contribution in [-0.4, -0.2) is 16.3 Å². The number of aryl methyl sites for hydroxylation is 1. The number of nitrogens with one attached hydrogen (secondary N) is 1. The molecular formula is C15H14Cl2N4. The van der Waals surface area contributed by atoms with Gasteiger partial charge in [-0.3, -0.25) is 4.68 Å². The molecule has 0 saturated carbocycles. The van der Waals surface area contributed by atoms with Crippen LogP contribution in [0, 0.1) is 11.3 Å². The molecule has 6 heteroatoms. The van der Waals surface area contributed by atoms with E-state index in [0.29, 0.717) is 22.2 Å². The van der Waals surface area contributed by atoms with Crippen molar-refractivity contribution < 1.29 is 0 Å². The number of hydrogen-bond acceptors (Lipinski definition) is 3. The van der Waals surface area contributed by atoms with Gasteiger partial charge in [0.05, 0.1) is 5.69 Å². The normalized spacial score (nSPS) is 14.3. The number of aromatic nitrogens is 2. The molecule has 21 heavy (non-hydrogen) atoms. The predicted molar refractivity (Wildman–Crippen MR) is 82.5 cm³/mol. The monoisotopic (exact) mass is 320 g/mol. The third kappa shape index (κ3) is 3.06. The predicted octanol–water partition coefficient (Wildman–Crippen LogP) is 3.15. The highest BCUT2D eigenvalue weighted by molar-refractivity contribution is 6.34. The molecule has 2 heterocycles. The van der Waals surface area contributed by atoms with E-state index in [4.69, 9.17) is 23.2 Å². The second-order valence-corrected chi connectivity index (χ2v) is 5.97. The summed E-state index contributed by atoms with van der Waals surface area (Å²) >= 11 is 12.1. The van der Waals surface area contributed by atoms with Crippen molar-refractivity contribution in [3.05, 3.63) is 50.8 Å². The van der Waals surface area contributed by atoms with E-state index in [2.05, 4.69) is 16.5 Å². The number of rotatable bonds is 2. The average Bonchev–Trinajstić information content (AvgIpc) is 2.61. The standard InChI is InChI=1S/C15H14Cl2N4/c16-11-4-10(5-12(17)7-11)6-13-14(8-18)20-21-3-1-2-19-9-15(13)21/h4-5,7,19H,1-3,6,9H2. The van der Waals surface area contributed by atoms with Gasteiger partial charge in [0.1, 0.15) is 6.07 Å². The summed E-state index contributed by atoms with van der Waals surface area (Å²) in [6, 6.07) is 7.66. The first-order valence-corrected chi connectivity index (χ1v) is 7.57. The minimum atomic E-state index is 0.491. The number of halogens is 2. The van der Waals surface area contributed by atoms with Crippen LogP contribution >= 0.6 is 23.2 Å². The summed E-state index contributed by atoms with van der Waals surface area (Å²) in [4.78, 5) is 0. The Kier molecular flexibility index (Phi) is 4.16. The lowest BCUT2D eigenvalue weighted by atomic mass is 10.0. The van der Waals surface area contributed by atoms with Gasteiger partial charge in [0.25, 0.3) is 0 Å². The van der Waals surface area contributed by atoms with E-state index in [0.717, 1.165) is 42.9 Å². The molecule has 0 fully saturated rings. The van der Waals surface area contributed by atoms with Crippen molar-refractivity contribution in [2.24, 2.45) is 0 Å². The lowest BCUT2D eigenvalue weighted by Crippen LogP contribution is -2.13. The van der Waals surface area contributed by atoms with Gasteiger partial charge in [0.2, 0.25) is 0 Å². The summed E-state index contributed by atoms with van der Waals surface area (Å²) in [5.41, 5.74) is 3.53. The third-order valence-electron chi connectivity index (χ3n) is 3.59. The van der Waals surface area contributed by atoms with Crippen LogP contribution in [0.3, 0.4) is 0 Å². The van der Waals surface area contributed by atoms with Crippen LogP contribution < -0.4 is 5.32 Å². The van der Waals surface area contributed by atoms with Crippen LogP contribution in [0.25, 0.3) is 0 Å². The summed E-state index contributed by atoms with van der Waals surface area (Å²) in [6.07, 6.45) is 1.63. The Balaban J connectivity index is 2.01. The van der Waals surface area contributed by atoms with E-state index in [1.165, 1.54) is 0 Å². The minimum absolute atomic E-state index is 0.491. The molecule has 0 bridgehead atoms. The van der Waals surface area contributed by atoms with Gasteiger partial charge in [0.15, 0.2) is 5.69 Å². The highest BCUT2D eigenvalue weighted by Gasteiger charge is 2.19. The summed E-state index contributed by atoms with van der Waals surface area (Å²) in [5, 5.41) is 18.3. The molecular weight excluding hydrogens is 307 g/mol. The fraction of sp³-hybridized carbons (Fsp3) is 0.333. The lowest BCUT2D eigenvalue weighted by Gasteiger charge is -2.07. The molecule has 0 aliphatic carbocycles. The lowest BCUT2D eigenvalue weighted by molar-refractivity contribution is 0.585. The maximum atomic E-state index is 9.33. The van der Waals surface area contributed by atoms with E-state index in [9.17, 15) is 5.26 Å². The van der Waals surface area contributed by atoms with Gasteiger partial charge in [-0.2, -0.15) is 10.4 Å². The third-order valence-corrected chi connectivity index (χ3v) is 4.03. The molecule has 1 aliphatic heterocycles. The number of nitrogens with zero attached hydrogens (tertiary/aromatic N) is 3. The zero-order valence-corrected chi connectivity index (χ0v) is 12.9. The van der Waals surface area contributed by atoms with E-state index in [-0.39, 0.29) is 0 Å². The van der Waals surface area contributed by atoms with Crippen molar-refractivity contribution >= 4 is 23.2 Å². The van der Waals surface area contributed by atoms with E-state index >= 15 is 0 Å². The van der Waals surface area contributed by atoms with E-state index < -0.39 is 0 Å². The zero-order chi connectivity index (χ0) is 14.8. The fourth-order valence-electron chi connectivity index (χ4n) is 2.67. The Labute approximate surface area is 133 Å². The quantitative estimate of drug-likeness (QED) is 0.924. The summed E-state index contributed by atoms with van der Waals surface area (Å²) in [5.74, 6) is 0. The van der Waals surface area contributed by atoms with Gasteiger partial charge in [-0.15, -0.1) is 0 Å². The molecule has 0 saturated heterocycles. The van der Waals surface area contributed by atoms with Crippen LogP contribution in [-0.2, 0) is 19.5 Å². The highest BCUT2D eigenvalue weighted by atomic mass is 35.5. The molecule has 3 rings (SSSR count). The number of fused-ring (bicyclic) bond motifs is 1. The van der Waals surface area contributed by atoms with Gasteiger partial charge >= 0.3 is 0 Å². The Morgan fingerprint density at radius 1 is 1.29 bits per heavy atom. The Morgan fingerprint density at radius 2 is 2.05 bits per heavy atom. The molecule has 0 unspecified atom stereocenters. The maximum absolute atomic E-state index is 9.33. The summed E-state index contributed by atoms with van der Waals surface area (Å²) in [6.45, 7) is 2.54. The first-order chi connectivity index (χ1) is 10.2. The van der Waals surface area contributed by atoms with Crippen LogP contribution in [0.2, 0.25) is 10.0 Å². The topological polar surface area (TPSA) is 53.6 Å². The molecule has 1 aromatic carbocycles. The molecule has 0 radical (unpaired) electrons. The number of hydrogen-bond donors (Lipinski definition) is 1. The maximum Gasteiger partial charge on any atom is 0.166 e. The first kappa shape index (κ1) is 14.4. The second kappa shape index (κ2) is 6.07. The van der Waals surface area contributed by atoms with Crippen LogP contribution in [0.5, 0.6) is 0 Å². The molecule has 0 amide bonds. The molecule has 1 aliphatic rings. The Morgan fingerprint density at radius 3 is 2.76 bits per heavy atom. The molecule has 2 aromatic rings. The molecule has 0 atom stereocenters. The molecule has 108 valence electrons. The van der Waals surface area contributed by atoms with Crippen molar-refractivity contribution in [3.63, 3.8) is 0 Å². The average molecular weight is 321 g/mol. The molecule has 1 aromatic heterocycles. The zero-order valence-electron chi connectivity index (χ0n) is 11.4. The smallest absolute Gasteiger partial charge is 0.166 e. The van der Waals surface area contributed by atoms with Crippen molar-refractivity contribution in [2.45, 2.75) is 25.9 Å². The fourth-order valence-corrected chi connectivity index (χ4v) is 3.24. The van der Waals surface area contributed by atoms with Crippen LogP contribution in [0.15, 0.2) is 18.2 Å². The van der Waals surface area contributed by atoms with Crippen molar-refractivity contribution in [3.8, 4) is 6.07 Å². The second-order valence-electron chi connectivity index (χ2n) is 5.09. The summed E-state index contributed by atoms with van der Waals surface area (Å²) < 4.78 is 1.94. The van der Waals surface area contributed by atoms with Crippen molar-refractivity contribution in [1.29, 1.82) is 5.26 Å². The number of nitriles is 1. The Bertz CT molecular complexity index is 695. The van der Waals surface area contributed by atoms with Gasteiger partial charge < -0.3 is 5.32 Å². The highest BCUT2D eigenvalue weighted by Crippen LogP contribution is 2.24. The first-order valence-electron chi connectivity index (χ1n) is 6.81. The Hall–Kier alpha value is -1.54. The van der Waals surface area contributed by atoms with Crippen LogP contribution in [0.1, 0.15) is 28.9 Å². The van der Waals surface area contributed by atoms with Gasteiger partial charge in [-0.1, -0.05) is 23.2 Å². The van der Waals surface area contributed by atoms with Crippen LogP contribution in [0.4, 0.5) is 0 Å². The van der Waals surface area contributed by atoms with Gasteiger partial charge in [0, 0.05) is 35.1 Å². The van der Waals surface area contributed by atoms with Gasteiger partial charge in [-0.25, -0.2) is 0 Å².